The fourth-order valence-electron chi connectivity index (χ4n) is 11.4. The number of aliphatic hydroxyl groups excluding tert-OH is 1. The second-order valence-corrected chi connectivity index (χ2v) is 18.1. The smallest absolute Gasteiger partial charge is 0.327 e. The summed E-state index contributed by atoms with van der Waals surface area (Å²) in [6.07, 6.45) is 5.43. The molecule has 56 heavy (non-hydrogen) atoms. The number of esters is 1. The SMILES string of the molecule is CC1(C)C[C@@H]2C(=Cc3cccc(CN4O[C@@H]5[C@H]6OC(c7ccccc7)(c7ccccc7)O[C@H]6[C@H]6C[C@]5(C(=O)NCCO)[C@@H]4C(=O)O6)c3)CCC3O[C@]3(C)CC[C@H]21. The molecule has 10 atom stereocenters. The molecular weight excluding hydrogens is 709 g/mol. The lowest BCUT2D eigenvalue weighted by atomic mass is 9.52. The number of benzene rings is 3. The van der Waals surface area contributed by atoms with Gasteiger partial charge in [-0.2, -0.15) is 5.06 Å². The predicted molar refractivity (Wildman–Crippen MR) is 206 cm³/mol. The molecule has 4 heterocycles. The summed E-state index contributed by atoms with van der Waals surface area (Å²) in [6, 6.07) is 26.8. The molecule has 10 nitrogen and oxygen atoms in total. The highest BCUT2D eigenvalue weighted by Gasteiger charge is 2.76. The van der Waals surface area contributed by atoms with Crippen LogP contribution in [0.1, 0.15) is 81.5 Å². The van der Waals surface area contributed by atoms with Gasteiger partial charge < -0.3 is 29.4 Å². The van der Waals surface area contributed by atoms with Crippen molar-refractivity contribution in [1.29, 1.82) is 0 Å². The molecule has 0 aromatic heterocycles. The normalized spacial score (nSPS) is 38.1. The first-order chi connectivity index (χ1) is 27.0. The van der Waals surface area contributed by atoms with Crippen molar-refractivity contribution in [3.63, 3.8) is 0 Å². The monoisotopic (exact) mass is 760 g/mol. The van der Waals surface area contributed by atoms with Crippen LogP contribution < -0.4 is 5.32 Å². The third-order valence-corrected chi connectivity index (χ3v) is 14.3. The van der Waals surface area contributed by atoms with E-state index >= 15 is 0 Å². The molecule has 10 rings (SSSR count). The van der Waals surface area contributed by atoms with Crippen LogP contribution in [-0.2, 0) is 45.7 Å². The van der Waals surface area contributed by atoms with Crippen LogP contribution in [0.5, 0.6) is 0 Å². The Hall–Kier alpha value is -3.90. The number of ether oxygens (including phenoxy) is 4. The van der Waals surface area contributed by atoms with E-state index in [2.05, 4.69) is 50.4 Å². The average molecular weight is 761 g/mol. The fraction of sp³-hybridized carbons (Fsp3) is 0.522. The Kier molecular flexibility index (Phi) is 8.67. The molecule has 2 N–H and O–H groups in total. The lowest BCUT2D eigenvalue weighted by Crippen LogP contribution is -2.69. The van der Waals surface area contributed by atoms with Crippen molar-refractivity contribution in [2.75, 3.05) is 13.2 Å². The Morgan fingerprint density at radius 3 is 2.36 bits per heavy atom. The van der Waals surface area contributed by atoms with Crippen molar-refractivity contribution in [1.82, 2.24) is 10.4 Å². The molecule has 3 aliphatic carbocycles. The second-order valence-electron chi connectivity index (χ2n) is 18.1. The third kappa shape index (κ3) is 5.66. The van der Waals surface area contributed by atoms with Crippen LogP contribution in [0.25, 0.3) is 6.08 Å². The number of nitrogens with zero attached hydrogens (tertiary/aromatic N) is 1. The summed E-state index contributed by atoms with van der Waals surface area (Å²) in [6.45, 7) is 7.17. The minimum Gasteiger partial charge on any atom is -0.458 e. The Morgan fingerprint density at radius 1 is 0.911 bits per heavy atom. The average Bonchev–Trinajstić information content (AvgIpc) is 3.48. The molecule has 1 unspecified atom stereocenters. The number of carbonyl (C=O) groups is 2. The minimum atomic E-state index is -1.34. The van der Waals surface area contributed by atoms with Gasteiger partial charge in [0.15, 0.2) is 6.04 Å². The molecular formula is C46H52N2O8. The molecule has 3 aromatic rings. The Morgan fingerprint density at radius 2 is 1.64 bits per heavy atom. The first-order valence-corrected chi connectivity index (χ1v) is 20.5. The van der Waals surface area contributed by atoms with Gasteiger partial charge in [0.25, 0.3) is 0 Å². The van der Waals surface area contributed by atoms with E-state index in [9.17, 15) is 14.7 Å². The highest BCUT2D eigenvalue weighted by Crippen LogP contribution is 2.61. The molecule has 0 spiro atoms. The van der Waals surface area contributed by atoms with Gasteiger partial charge in [0, 0.05) is 24.1 Å². The lowest BCUT2D eigenvalue weighted by Gasteiger charge is -2.53. The van der Waals surface area contributed by atoms with Crippen LogP contribution in [0, 0.1) is 22.7 Å². The van der Waals surface area contributed by atoms with Gasteiger partial charge in [0.1, 0.15) is 29.8 Å². The molecule has 3 saturated carbocycles. The Balaban J connectivity index is 0.983. The van der Waals surface area contributed by atoms with Gasteiger partial charge in [-0.25, -0.2) is 0 Å². The van der Waals surface area contributed by atoms with Crippen molar-refractivity contribution >= 4 is 18.0 Å². The van der Waals surface area contributed by atoms with Gasteiger partial charge in [-0.05, 0) is 67.4 Å². The molecule has 10 heteroatoms. The van der Waals surface area contributed by atoms with Crippen molar-refractivity contribution < 1.29 is 38.5 Å². The van der Waals surface area contributed by atoms with Crippen LogP contribution in [-0.4, -0.2) is 77.4 Å². The van der Waals surface area contributed by atoms with E-state index in [0.717, 1.165) is 41.5 Å². The lowest BCUT2D eigenvalue weighted by molar-refractivity contribution is -0.213. The van der Waals surface area contributed by atoms with Crippen LogP contribution in [0.2, 0.25) is 0 Å². The molecule has 1 amide bonds. The zero-order valence-electron chi connectivity index (χ0n) is 32.4. The van der Waals surface area contributed by atoms with Crippen molar-refractivity contribution in [2.24, 2.45) is 22.7 Å². The molecule has 4 saturated heterocycles. The number of allylic oxidation sites excluding steroid dienone is 1. The summed E-state index contributed by atoms with van der Waals surface area (Å²) in [5, 5.41) is 14.3. The van der Waals surface area contributed by atoms with Gasteiger partial charge in [-0.15, -0.1) is 0 Å². The van der Waals surface area contributed by atoms with Crippen molar-refractivity contribution in [2.45, 2.75) is 114 Å². The van der Waals surface area contributed by atoms with E-state index in [4.69, 9.17) is 23.8 Å². The van der Waals surface area contributed by atoms with Crippen LogP contribution >= 0.6 is 0 Å². The number of hydroxylamine groups is 2. The molecule has 294 valence electrons. The van der Waals surface area contributed by atoms with Gasteiger partial charge in [0.05, 0.1) is 24.9 Å². The molecule has 7 aliphatic rings. The summed E-state index contributed by atoms with van der Waals surface area (Å²) in [5.74, 6) is -1.01. The molecule has 4 aliphatic heterocycles. The summed E-state index contributed by atoms with van der Waals surface area (Å²) in [4.78, 5) is 35.5. The highest BCUT2D eigenvalue weighted by molar-refractivity contribution is 5.93. The largest absolute Gasteiger partial charge is 0.458 e. The van der Waals surface area contributed by atoms with E-state index in [1.165, 1.54) is 18.4 Å². The predicted octanol–water partition coefficient (Wildman–Crippen LogP) is 6.06. The first kappa shape index (κ1) is 36.4. The number of amides is 1. The van der Waals surface area contributed by atoms with E-state index in [1.54, 1.807) is 5.06 Å². The van der Waals surface area contributed by atoms with Crippen LogP contribution in [0.15, 0.2) is 90.5 Å². The van der Waals surface area contributed by atoms with Gasteiger partial charge >= 0.3 is 5.97 Å². The van der Waals surface area contributed by atoms with Crippen molar-refractivity contribution in [3.05, 3.63) is 113 Å². The number of rotatable bonds is 8. The van der Waals surface area contributed by atoms with E-state index in [1.807, 2.05) is 66.7 Å². The molecule has 3 aromatic carbocycles. The molecule has 7 fully saturated rings. The number of aliphatic hydroxyl groups is 1. The number of carbonyl (C=O) groups excluding carboxylic acids is 2. The van der Waals surface area contributed by atoms with Gasteiger partial charge in [0.2, 0.25) is 11.7 Å². The van der Waals surface area contributed by atoms with Crippen molar-refractivity contribution in [3.8, 4) is 0 Å². The summed E-state index contributed by atoms with van der Waals surface area (Å²) >= 11 is 0. The number of nitrogens with one attached hydrogen (secondary N) is 1. The van der Waals surface area contributed by atoms with Crippen LogP contribution in [0.4, 0.5) is 0 Å². The van der Waals surface area contributed by atoms with Gasteiger partial charge in [-0.3, -0.25) is 14.4 Å². The molecule has 2 bridgehead atoms. The first-order valence-electron chi connectivity index (χ1n) is 20.5. The second kappa shape index (κ2) is 13.3. The summed E-state index contributed by atoms with van der Waals surface area (Å²) in [7, 11) is 0. The fourth-order valence-corrected chi connectivity index (χ4v) is 11.4. The maximum atomic E-state index is 14.4. The minimum absolute atomic E-state index is 0.0331. The van der Waals surface area contributed by atoms with Gasteiger partial charge in [-0.1, -0.05) is 110 Å². The maximum Gasteiger partial charge on any atom is 0.327 e. The number of fused-ring (bicyclic) bond motifs is 6. The standard InChI is InChI=1S/C46H52N2O8/c1-43(2)25-33-30(17-18-36-44(3,53-36)20-19-34(33)43)24-28-11-10-12-29(23-28)27-48-39-41(50)52-35-26-45(39,42(51)47-21-22-49)40(56-48)38-37(35)54-46(55-38,31-13-6-4-7-14-31)32-15-8-5-9-16-32/h4-16,23-24,33-40,49H,17-22,25-27H2,1-3H3,(H,47,51)/t33-,34-,35-,36?,37+,38+,39+,40-,44-,45+/m1/s1. The number of epoxide rings is 1. The van der Waals surface area contributed by atoms with E-state index in [-0.39, 0.29) is 37.6 Å². The zero-order chi connectivity index (χ0) is 38.5. The number of hydrogen-bond donors (Lipinski definition) is 2. The Labute approximate surface area is 328 Å². The third-order valence-electron chi connectivity index (χ3n) is 14.3. The summed E-state index contributed by atoms with van der Waals surface area (Å²) < 4.78 is 26.5. The highest BCUT2D eigenvalue weighted by atomic mass is 16.8. The Bertz CT molecular complexity index is 2000. The quantitative estimate of drug-likeness (QED) is 0.209. The maximum absolute atomic E-state index is 14.4. The number of hydrogen-bond acceptors (Lipinski definition) is 9. The van der Waals surface area contributed by atoms with Crippen LogP contribution in [0.3, 0.4) is 0 Å². The van der Waals surface area contributed by atoms with E-state index < -0.39 is 47.6 Å². The zero-order valence-corrected chi connectivity index (χ0v) is 32.4. The van der Waals surface area contributed by atoms with E-state index in [0.29, 0.717) is 23.4 Å². The summed E-state index contributed by atoms with van der Waals surface area (Å²) in [5.41, 5.74) is 4.15. The molecule has 0 radical (unpaired) electrons. The topological polar surface area (TPSA) is 119 Å².